The Morgan fingerprint density at radius 1 is 1.27 bits per heavy atom. The van der Waals surface area contributed by atoms with Crippen LogP contribution < -0.4 is 5.32 Å². The van der Waals surface area contributed by atoms with E-state index in [0.717, 1.165) is 17.5 Å². The van der Waals surface area contributed by atoms with E-state index in [1.807, 2.05) is 13.0 Å². The molecule has 1 amide bonds. The van der Waals surface area contributed by atoms with Crippen molar-refractivity contribution >= 4 is 29.1 Å². The molecule has 1 aromatic carbocycles. The summed E-state index contributed by atoms with van der Waals surface area (Å²) in [5, 5.41) is 13.6. The van der Waals surface area contributed by atoms with Crippen LogP contribution in [-0.4, -0.2) is 16.0 Å². The first-order chi connectivity index (χ1) is 10.5. The van der Waals surface area contributed by atoms with Crippen LogP contribution in [-0.2, 0) is 17.8 Å². The number of aryl methyl sites for hydroxylation is 1. The third-order valence-electron chi connectivity index (χ3n) is 3.29. The number of nitrogens with zero attached hydrogens (tertiary/aromatic N) is 1. The molecule has 0 bridgehead atoms. The number of aliphatic hydroxyl groups excluding tert-OH is 1. The van der Waals surface area contributed by atoms with Crippen LogP contribution in [0, 0.1) is 0 Å². The standard InChI is InChI=1S/C16H16Cl2N2O2/c1-2-10-8-19-4-3-11(10)9-20-16(22)15(21)12-5-13(17)7-14(18)6-12/h3-8,15,21H,2,9H2,1H3,(H,20,22). The zero-order valence-corrected chi connectivity index (χ0v) is 13.5. The Balaban J connectivity index is 2.05. The van der Waals surface area contributed by atoms with E-state index in [0.29, 0.717) is 22.2 Å². The highest BCUT2D eigenvalue weighted by Crippen LogP contribution is 2.23. The second kappa shape index (κ2) is 7.58. The predicted molar refractivity (Wildman–Crippen MR) is 86.9 cm³/mol. The Morgan fingerprint density at radius 3 is 2.59 bits per heavy atom. The second-order valence-corrected chi connectivity index (χ2v) is 5.69. The molecule has 2 aromatic rings. The first kappa shape index (κ1) is 16.7. The van der Waals surface area contributed by atoms with Gasteiger partial charge in [0.05, 0.1) is 0 Å². The minimum Gasteiger partial charge on any atom is -0.378 e. The van der Waals surface area contributed by atoms with Crippen LogP contribution in [0.2, 0.25) is 10.0 Å². The number of rotatable bonds is 5. The van der Waals surface area contributed by atoms with Crippen molar-refractivity contribution in [2.24, 2.45) is 0 Å². The van der Waals surface area contributed by atoms with Gasteiger partial charge in [-0.1, -0.05) is 30.1 Å². The topological polar surface area (TPSA) is 62.2 Å². The van der Waals surface area contributed by atoms with Gasteiger partial charge in [0.15, 0.2) is 6.10 Å². The molecule has 22 heavy (non-hydrogen) atoms. The lowest BCUT2D eigenvalue weighted by Crippen LogP contribution is -2.29. The van der Waals surface area contributed by atoms with Crippen LogP contribution in [0.15, 0.2) is 36.7 Å². The van der Waals surface area contributed by atoms with Crippen molar-refractivity contribution in [3.05, 3.63) is 63.4 Å². The average molecular weight is 339 g/mol. The number of halogens is 2. The van der Waals surface area contributed by atoms with Crippen LogP contribution in [0.1, 0.15) is 29.7 Å². The van der Waals surface area contributed by atoms with Crippen molar-refractivity contribution < 1.29 is 9.90 Å². The summed E-state index contributed by atoms with van der Waals surface area (Å²) in [6.45, 7) is 2.35. The number of hydrogen-bond donors (Lipinski definition) is 2. The van der Waals surface area contributed by atoms with Gasteiger partial charge in [0.1, 0.15) is 0 Å². The van der Waals surface area contributed by atoms with Crippen molar-refractivity contribution in [1.82, 2.24) is 10.3 Å². The van der Waals surface area contributed by atoms with E-state index in [-0.39, 0.29) is 0 Å². The molecule has 116 valence electrons. The molecule has 0 spiro atoms. The second-order valence-electron chi connectivity index (χ2n) is 4.82. The molecule has 4 nitrogen and oxygen atoms in total. The van der Waals surface area contributed by atoms with E-state index in [2.05, 4.69) is 10.3 Å². The third kappa shape index (κ3) is 4.19. The normalized spacial score (nSPS) is 12.0. The zero-order chi connectivity index (χ0) is 16.1. The summed E-state index contributed by atoms with van der Waals surface area (Å²) in [6.07, 6.45) is 2.96. The molecule has 1 aromatic heterocycles. The molecule has 1 heterocycles. The van der Waals surface area contributed by atoms with Gasteiger partial charge >= 0.3 is 0 Å². The van der Waals surface area contributed by atoms with Crippen LogP contribution in [0.25, 0.3) is 0 Å². The number of carbonyl (C=O) groups excluding carboxylic acids is 1. The number of hydrogen-bond acceptors (Lipinski definition) is 3. The Bertz CT molecular complexity index is 657. The van der Waals surface area contributed by atoms with Crippen molar-refractivity contribution in [1.29, 1.82) is 0 Å². The molecule has 1 atom stereocenters. The van der Waals surface area contributed by atoms with E-state index in [4.69, 9.17) is 23.2 Å². The fourth-order valence-electron chi connectivity index (χ4n) is 2.11. The smallest absolute Gasteiger partial charge is 0.253 e. The lowest BCUT2D eigenvalue weighted by molar-refractivity contribution is -0.129. The summed E-state index contributed by atoms with van der Waals surface area (Å²) in [7, 11) is 0. The van der Waals surface area contributed by atoms with Crippen molar-refractivity contribution in [2.75, 3.05) is 0 Å². The van der Waals surface area contributed by atoms with E-state index < -0.39 is 12.0 Å². The highest BCUT2D eigenvalue weighted by molar-refractivity contribution is 6.34. The highest BCUT2D eigenvalue weighted by atomic mass is 35.5. The fraction of sp³-hybridized carbons (Fsp3) is 0.250. The van der Waals surface area contributed by atoms with E-state index in [9.17, 15) is 9.90 Å². The fourth-order valence-corrected chi connectivity index (χ4v) is 2.65. The van der Waals surface area contributed by atoms with Gasteiger partial charge < -0.3 is 10.4 Å². The molecule has 0 saturated carbocycles. The van der Waals surface area contributed by atoms with E-state index >= 15 is 0 Å². The van der Waals surface area contributed by atoms with Gasteiger partial charge in [-0.3, -0.25) is 9.78 Å². The Hall–Kier alpha value is -1.62. The number of nitrogens with one attached hydrogen (secondary N) is 1. The molecule has 6 heteroatoms. The summed E-state index contributed by atoms with van der Waals surface area (Å²) in [6, 6.07) is 6.42. The first-order valence-electron chi connectivity index (χ1n) is 6.84. The molecule has 0 radical (unpaired) electrons. The maximum absolute atomic E-state index is 12.1. The summed E-state index contributed by atoms with van der Waals surface area (Å²) in [5.74, 6) is -0.503. The molecule has 0 aliphatic rings. The minimum absolute atomic E-state index is 0.329. The molecule has 0 fully saturated rings. The van der Waals surface area contributed by atoms with Gasteiger partial charge in [0.25, 0.3) is 5.91 Å². The van der Waals surface area contributed by atoms with Crippen LogP contribution in [0.3, 0.4) is 0 Å². The number of benzene rings is 1. The molecule has 0 aliphatic carbocycles. The van der Waals surface area contributed by atoms with Gasteiger partial charge in [-0.2, -0.15) is 0 Å². The van der Waals surface area contributed by atoms with Crippen LogP contribution in [0.5, 0.6) is 0 Å². The van der Waals surface area contributed by atoms with Crippen LogP contribution >= 0.6 is 23.2 Å². The van der Waals surface area contributed by atoms with Gasteiger partial charge in [-0.25, -0.2) is 0 Å². The molecule has 2 N–H and O–H groups in total. The average Bonchev–Trinajstić information content (AvgIpc) is 2.51. The van der Waals surface area contributed by atoms with Crippen LogP contribution in [0.4, 0.5) is 0 Å². The van der Waals surface area contributed by atoms with E-state index in [1.165, 1.54) is 12.1 Å². The molecule has 0 aliphatic heterocycles. The highest BCUT2D eigenvalue weighted by Gasteiger charge is 2.18. The van der Waals surface area contributed by atoms with Crippen molar-refractivity contribution in [3.8, 4) is 0 Å². The Morgan fingerprint density at radius 2 is 1.95 bits per heavy atom. The monoisotopic (exact) mass is 338 g/mol. The third-order valence-corrected chi connectivity index (χ3v) is 3.72. The number of amides is 1. The number of pyridine rings is 1. The predicted octanol–water partition coefficient (Wildman–Crippen LogP) is 3.30. The first-order valence-corrected chi connectivity index (χ1v) is 7.60. The Labute approximate surface area is 139 Å². The van der Waals surface area contributed by atoms with Crippen molar-refractivity contribution in [3.63, 3.8) is 0 Å². The zero-order valence-electron chi connectivity index (χ0n) is 12.0. The Kier molecular flexibility index (Phi) is 5.77. The summed E-state index contributed by atoms with van der Waals surface area (Å²) < 4.78 is 0. The largest absolute Gasteiger partial charge is 0.378 e. The van der Waals surface area contributed by atoms with Gasteiger partial charge in [-0.15, -0.1) is 0 Å². The molecule has 2 rings (SSSR count). The molecule has 0 saturated heterocycles. The number of aliphatic hydroxyl groups is 1. The number of carbonyl (C=O) groups is 1. The maximum atomic E-state index is 12.1. The minimum atomic E-state index is -1.32. The summed E-state index contributed by atoms with van der Waals surface area (Å²) in [5.41, 5.74) is 2.39. The lowest BCUT2D eigenvalue weighted by Gasteiger charge is -2.13. The van der Waals surface area contributed by atoms with Crippen molar-refractivity contribution in [2.45, 2.75) is 26.0 Å². The summed E-state index contributed by atoms with van der Waals surface area (Å²) in [4.78, 5) is 16.1. The molecular formula is C16H16Cl2N2O2. The summed E-state index contributed by atoms with van der Waals surface area (Å²) >= 11 is 11.8. The molecule has 1 unspecified atom stereocenters. The van der Waals surface area contributed by atoms with Gasteiger partial charge in [-0.05, 0) is 47.4 Å². The SMILES string of the molecule is CCc1cnccc1CNC(=O)C(O)c1cc(Cl)cc(Cl)c1. The van der Waals surface area contributed by atoms with E-state index in [1.54, 1.807) is 18.5 Å². The van der Waals surface area contributed by atoms with Gasteiger partial charge in [0.2, 0.25) is 0 Å². The lowest BCUT2D eigenvalue weighted by atomic mass is 10.1. The quantitative estimate of drug-likeness (QED) is 0.879. The maximum Gasteiger partial charge on any atom is 0.253 e. The number of aromatic nitrogens is 1. The van der Waals surface area contributed by atoms with Gasteiger partial charge in [0, 0.05) is 29.0 Å². The molecular weight excluding hydrogens is 323 g/mol.